The summed E-state index contributed by atoms with van der Waals surface area (Å²) in [4.78, 5) is 24.8. The summed E-state index contributed by atoms with van der Waals surface area (Å²) < 4.78 is 49.5. The average molecular weight is 558 g/mol. The summed E-state index contributed by atoms with van der Waals surface area (Å²) in [6.45, 7) is 3.94. The lowest BCUT2D eigenvalue weighted by atomic mass is 9.85. The second-order valence-corrected chi connectivity index (χ2v) is 11.9. The van der Waals surface area contributed by atoms with Gasteiger partial charge in [0, 0.05) is 42.5 Å². The predicted octanol–water partition coefficient (Wildman–Crippen LogP) is 4.53. The first-order chi connectivity index (χ1) is 18.6. The molecule has 3 aromatic rings. The van der Waals surface area contributed by atoms with Gasteiger partial charge in [0.2, 0.25) is 15.9 Å². The number of carbonyl (C=O) groups excluding carboxylic acids is 2. The summed E-state index contributed by atoms with van der Waals surface area (Å²) in [5, 5.41) is 3.78. The van der Waals surface area contributed by atoms with Crippen LogP contribution in [-0.2, 0) is 37.8 Å². The van der Waals surface area contributed by atoms with Crippen LogP contribution in [0.5, 0.6) is 0 Å². The zero-order chi connectivity index (χ0) is 28.2. The van der Waals surface area contributed by atoms with Gasteiger partial charge in [0.15, 0.2) is 0 Å². The van der Waals surface area contributed by atoms with Gasteiger partial charge in [-0.3, -0.25) is 9.59 Å². The van der Waals surface area contributed by atoms with Gasteiger partial charge >= 0.3 is 5.97 Å². The number of nitrogens with one attached hydrogen (secondary N) is 2. The molecule has 0 spiro atoms. The fourth-order valence-corrected chi connectivity index (χ4v) is 6.55. The summed E-state index contributed by atoms with van der Waals surface area (Å²) in [7, 11) is -1.89. The third-order valence-corrected chi connectivity index (χ3v) is 8.92. The fraction of sp³-hybridized carbons (Fsp3) is 0.448. The third-order valence-electron chi connectivity index (χ3n) is 7.41. The Balaban J connectivity index is 1.36. The first-order valence-corrected chi connectivity index (χ1v) is 14.9. The Bertz CT molecular complexity index is 1430. The van der Waals surface area contributed by atoms with E-state index in [4.69, 9.17) is 4.74 Å². The van der Waals surface area contributed by atoms with Gasteiger partial charge in [-0.05, 0) is 87.4 Å². The fourth-order valence-electron chi connectivity index (χ4n) is 5.22. The quantitative estimate of drug-likeness (QED) is 0.357. The molecule has 0 unspecified atom stereocenters. The summed E-state index contributed by atoms with van der Waals surface area (Å²) >= 11 is 0. The van der Waals surface area contributed by atoms with E-state index in [0.29, 0.717) is 38.7 Å². The second-order valence-electron chi connectivity index (χ2n) is 10.2. The molecular formula is C29H36FN3O5S. The molecule has 1 aliphatic carbocycles. The minimum Gasteiger partial charge on any atom is -0.466 e. The van der Waals surface area contributed by atoms with Gasteiger partial charge in [0.05, 0.1) is 17.5 Å². The SMILES string of the molecule is CCOC(=O)CCc1cn(C)c2ccc(S(=O)(=O)N[C@H]3CC[C@H](C(=O)N[C@H](C)c4ccc(F)cc4)CC3)cc12. The van der Waals surface area contributed by atoms with Crippen molar-refractivity contribution in [3.8, 4) is 0 Å². The Labute approximate surface area is 229 Å². The Morgan fingerprint density at radius 2 is 1.79 bits per heavy atom. The number of fused-ring (bicyclic) bond motifs is 1. The molecule has 8 nitrogen and oxygen atoms in total. The molecule has 1 saturated carbocycles. The molecule has 0 radical (unpaired) electrons. The van der Waals surface area contributed by atoms with Crippen LogP contribution in [0, 0.1) is 11.7 Å². The molecule has 4 rings (SSSR count). The Morgan fingerprint density at radius 3 is 2.46 bits per heavy atom. The molecule has 1 fully saturated rings. The number of aromatic nitrogens is 1. The van der Waals surface area contributed by atoms with E-state index in [2.05, 4.69) is 10.0 Å². The number of aryl methyl sites for hydroxylation is 2. The Kier molecular flexibility index (Phi) is 9.07. The maximum Gasteiger partial charge on any atom is 0.306 e. The molecule has 2 aromatic carbocycles. The van der Waals surface area contributed by atoms with Crippen molar-refractivity contribution < 1.29 is 27.1 Å². The van der Waals surface area contributed by atoms with Crippen molar-refractivity contribution >= 4 is 32.8 Å². The highest BCUT2D eigenvalue weighted by molar-refractivity contribution is 7.89. The van der Waals surface area contributed by atoms with Crippen LogP contribution in [0.15, 0.2) is 53.6 Å². The van der Waals surface area contributed by atoms with Gasteiger partial charge in [-0.15, -0.1) is 0 Å². The van der Waals surface area contributed by atoms with E-state index in [0.717, 1.165) is 22.0 Å². The number of esters is 1. The Hall–Kier alpha value is -3.24. The maximum absolute atomic E-state index is 13.3. The van der Waals surface area contributed by atoms with Crippen LogP contribution in [0.25, 0.3) is 10.9 Å². The highest BCUT2D eigenvalue weighted by Crippen LogP contribution is 2.29. The van der Waals surface area contributed by atoms with E-state index >= 15 is 0 Å². The number of halogens is 1. The smallest absolute Gasteiger partial charge is 0.306 e. The molecule has 2 N–H and O–H groups in total. The van der Waals surface area contributed by atoms with Gasteiger partial charge < -0.3 is 14.6 Å². The number of benzene rings is 2. The lowest BCUT2D eigenvalue weighted by molar-refractivity contribution is -0.143. The van der Waals surface area contributed by atoms with Crippen molar-refractivity contribution in [3.05, 3.63) is 65.6 Å². The number of hydrogen-bond acceptors (Lipinski definition) is 5. The topological polar surface area (TPSA) is 106 Å². The van der Waals surface area contributed by atoms with Crippen LogP contribution in [0.3, 0.4) is 0 Å². The number of hydrogen-bond donors (Lipinski definition) is 2. The van der Waals surface area contributed by atoms with Crippen molar-refractivity contribution in [3.63, 3.8) is 0 Å². The number of carbonyl (C=O) groups is 2. The van der Waals surface area contributed by atoms with Crippen LogP contribution < -0.4 is 10.0 Å². The number of rotatable bonds is 10. The van der Waals surface area contributed by atoms with Crippen molar-refractivity contribution in [1.82, 2.24) is 14.6 Å². The molecule has 0 aliphatic heterocycles. The zero-order valence-corrected chi connectivity index (χ0v) is 23.4. The third kappa shape index (κ3) is 7.05. The molecule has 39 heavy (non-hydrogen) atoms. The van der Waals surface area contributed by atoms with Gasteiger partial charge in [0.1, 0.15) is 5.82 Å². The minimum absolute atomic E-state index is 0.0713. The van der Waals surface area contributed by atoms with Crippen LogP contribution in [0.4, 0.5) is 4.39 Å². The van der Waals surface area contributed by atoms with Crippen LogP contribution in [0.1, 0.15) is 63.1 Å². The zero-order valence-electron chi connectivity index (χ0n) is 22.6. The standard InChI is InChI=1S/C29H36FN3O5S/c1-4-38-28(34)16-9-22-18-33(3)27-15-14-25(17-26(22)27)39(36,37)32-24-12-7-21(8-13-24)29(35)31-19(2)20-5-10-23(30)11-6-20/h5-6,10-11,14-15,17-19,21,24,32H,4,7-9,12-13,16H2,1-3H3,(H,31,35)/t19-,21-,24-/m1/s1. The monoisotopic (exact) mass is 557 g/mol. The van der Waals surface area contributed by atoms with E-state index in [1.807, 2.05) is 24.7 Å². The van der Waals surface area contributed by atoms with Crippen LogP contribution in [-0.4, -0.2) is 37.5 Å². The second kappa shape index (κ2) is 12.3. The average Bonchev–Trinajstić information content (AvgIpc) is 3.23. The van der Waals surface area contributed by atoms with Crippen molar-refractivity contribution in [2.75, 3.05) is 6.61 Å². The first kappa shape index (κ1) is 28.8. The number of ether oxygens (including phenoxy) is 1. The van der Waals surface area contributed by atoms with Crippen molar-refractivity contribution in [1.29, 1.82) is 0 Å². The van der Waals surface area contributed by atoms with Crippen LogP contribution in [0.2, 0.25) is 0 Å². The van der Waals surface area contributed by atoms with Gasteiger partial charge in [-0.2, -0.15) is 0 Å². The highest BCUT2D eigenvalue weighted by atomic mass is 32.2. The maximum atomic E-state index is 13.3. The molecule has 1 amide bonds. The summed E-state index contributed by atoms with van der Waals surface area (Å²) in [5.41, 5.74) is 2.60. The van der Waals surface area contributed by atoms with Gasteiger partial charge in [-0.1, -0.05) is 12.1 Å². The van der Waals surface area contributed by atoms with E-state index in [-0.39, 0.29) is 47.0 Å². The lowest BCUT2D eigenvalue weighted by Crippen LogP contribution is -2.41. The molecule has 0 bridgehead atoms. The molecule has 210 valence electrons. The summed E-state index contributed by atoms with van der Waals surface area (Å²) in [6.07, 6.45) is 4.86. The minimum atomic E-state index is -3.78. The first-order valence-electron chi connectivity index (χ1n) is 13.4. The molecular weight excluding hydrogens is 521 g/mol. The highest BCUT2D eigenvalue weighted by Gasteiger charge is 2.30. The van der Waals surface area contributed by atoms with Crippen molar-refractivity contribution in [2.24, 2.45) is 13.0 Å². The molecule has 10 heteroatoms. The van der Waals surface area contributed by atoms with E-state index in [1.54, 1.807) is 37.3 Å². The largest absolute Gasteiger partial charge is 0.466 e. The molecule has 1 aromatic heterocycles. The summed E-state index contributed by atoms with van der Waals surface area (Å²) in [5.74, 6) is -0.875. The van der Waals surface area contributed by atoms with Gasteiger partial charge in [-0.25, -0.2) is 17.5 Å². The van der Waals surface area contributed by atoms with Crippen molar-refractivity contribution in [2.45, 2.75) is 69.4 Å². The predicted molar refractivity (Wildman–Crippen MR) is 147 cm³/mol. The Morgan fingerprint density at radius 1 is 1.10 bits per heavy atom. The van der Waals surface area contributed by atoms with Gasteiger partial charge in [0.25, 0.3) is 0 Å². The molecule has 1 atom stereocenters. The number of amides is 1. The van der Waals surface area contributed by atoms with E-state index in [1.165, 1.54) is 12.1 Å². The summed E-state index contributed by atoms with van der Waals surface area (Å²) in [6, 6.07) is 10.6. The molecule has 1 heterocycles. The number of sulfonamides is 1. The normalized spacial score (nSPS) is 18.6. The molecule has 0 saturated heterocycles. The number of nitrogens with zero attached hydrogens (tertiary/aromatic N) is 1. The van der Waals surface area contributed by atoms with E-state index in [9.17, 15) is 22.4 Å². The van der Waals surface area contributed by atoms with Crippen LogP contribution >= 0.6 is 0 Å². The van der Waals surface area contributed by atoms with E-state index < -0.39 is 10.0 Å². The molecule has 1 aliphatic rings. The lowest BCUT2D eigenvalue weighted by Gasteiger charge is -2.29.